The Bertz CT molecular complexity index is 440. The van der Waals surface area contributed by atoms with Gasteiger partial charge in [0.25, 0.3) is 0 Å². The van der Waals surface area contributed by atoms with E-state index < -0.39 is 0 Å². The lowest BCUT2D eigenvalue weighted by molar-refractivity contribution is 1.14. The molecule has 0 atom stereocenters. The number of aromatic nitrogens is 1. The van der Waals surface area contributed by atoms with Crippen LogP contribution in [0.3, 0.4) is 0 Å². The second kappa shape index (κ2) is 5.16. The van der Waals surface area contributed by atoms with E-state index >= 15 is 0 Å². The van der Waals surface area contributed by atoms with Gasteiger partial charge in [-0.15, -0.1) is 0 Å². The minimum absolute atomic E-state index is 0.807. The lowest BCUT2D eigenvalue weighted by Crippen LogP contribution is -2.00. The van der Waals surface area contributed by atoms with Crippen LogP contribution < -0.4 is 10.6 Å². The molecule has 0 unspecified atom stereocenters. The van der Waals surface area contributed by atoms with Crippen LogP contribution in [0.2, 0.25) is 0 Å². The first-order valence-corrected chi connectivity index (χ1v) is 5.29. The summed E-state index contributed by atoms with van der Waals surface area (Å²) in [4.78, 5) is 4.06. The summed E-state index contributed by atoms with van der Waals surface area (Å²) in [5.41, 5.74) is 3.42. The molecule has 0 aliphatic carbocycles. The van der Waals surface area contributed by atoms with Crippen LogP contribution in [0, 0.1) is 0 Å². The van der Waals surface area contributed by atoms with Gasteiger partial charge in [-0.3, -0.25) is 4.98 Å². The van der Waals surface area contributed by atoms with Crippen LogP contribution in [-0.4, -0.2) is 12.0 Å². The Kier molecular flexibility index (Phi) is 3.38. The van der Waals surface area contributed by atoms with Crippen molar-refractivity contribution in [2.75, 3.05) is 17.7 Å². The third kappa shape index (κ3) is 2.73. The zero-order chi connectivity index (χ0) is 11.2. The lowest BCUT2D eigenvalue weighted by atomic mass is 10.2. The van der Waals surface area contributed by atoms with Gasteiger partial charge in [0.15, 0.2) is 0 Å². The van der Waals surface area contributed by atoms with E-state index in [0.29, 0.717) is 0 Å². The van der Waals surface area contributed by atoms with E-state index in [9.17, 15) is 0 Å². The minimum atomic E-state index is 0.807. The van der Waals surface area contributed by atoms with E-state index in [-0.39, 0.29) is 0 Å². The van der Waals surface area contributed by atoms with Gasteiger partial charge in [-0.1, -0.05) is 12.1 Å². The highest BCUT2D eigenvalue weighted by atomic mass is 14.9. The monoisotopic (exact) mass is 213 g/mol. The summed E-state index contributed by atoms with van der Waals surface area (Å²) in [6.45, 7) is 0.807. The summed E-state index contributed by atoms with van der Waals surface area (Å²) in [6, 6.07) is 12.3. The second-order valence-electron chi connectivity index (χ2n) is 3.55. The van der Waals surface area contributed by atoms with Gasteiger partial charge in [-0.25, -0.2) is 0 Å². The number of nitrogens with one attached hydrogen (secondary N) is 2. The number of benzene rings is 1. The molecule has 3 heteroatoms. The molecule has 0 saturated carbocycles. The van der Waals surface area contributed by atoms with Gasteiger partial charge in [0, 0.05) is 31.7 Å². The van der Waals surface area contributed by atoms with E-state index in [1.807, 2.05) is 37.5 Å². The van der Waals surface area contributed by atoms with Crippen LogP contribution in [0.1, 0.15) is 5.56 Å². The number of pyridine rings is 1. The number of hydrogen-bond acceptors (Lipinski definition) is 3. The maximum atomic E-state index is 4.06. The first kappa shape index (κ1) is 10.5. The number of hydrogen-bond donors (Lipinski definition) is 2. The van der Waals surface area contributed by atoms with Crippen molar-refractivity contribution in [2.45, 2.75) is 6.54 Å². The molecule has 0 spiro atoms. The highest BCUT2D eigenvalue weighted by Gasteiger charge is 1.95. The maximum Gasteiger partial charge on any atom is 0.0529 e. The molecule has 0 radical (unpaired) electrons. The Morgan fingerprint density at radius 1 is 1.12 bits per heavy atom. The predicted octanol–water partition coefficient (Wildman–Crippen LogP) is 2.74. The Morgan fingerprint density at radius 3 is 2.75 bits per heavy atom. The first-order chi connectivity index (χ1) is 7.88. The Hall–Kier alpha value is -2.03. The fraction of sp³-hybridized carbons (Fsp3) is 0.154. The molecule has 0 bridgehead atoms. The van der Waals surface area contributed by atoms with Crippen LogP contribution >= 0.6 is 0 Å². The molecule has 16 heavy (non-hydrogen) atoms. The van der Waals surface area contributed by atoms with Crippen molar-refractivity contribution in [1.82, 2.24) is 4.98 Å². The predicted molar refractivity (Wildman–Crippen MR) is 67.6 cm³/mol. The van der Waals surface area contributed by atoms with Crippen molar-refractivity contribution in [3.8, 4) is 0 Å². The summed E-state index contributed by atoms with van der Waals surface area (Å²) in [7, 11) is 1.92. The molecule has 2 N–H and O–H groups in total. The molecule has 2 rings (SSSR count). The molecule has 0 aliphatic rings. The van der Waals surface area contributed by atoms with Gasteiger partial charge in [0.1, 0.15) is 0 Å². The highest BCUT2D eigenvalue weighted by molar-refractivity contribution is 5.47. The molecule has 82 valence electrons. The van der Waals surface area contributed by atoms with E-state index in [4.69, 9.17) is 0 Å². The van der Waals surface area contributed by atoms with Crippen molar-refractivity contribution in [2.24, 2.45) is 0 Å². The average molecular weight is 213 g/mol. The molecule has 0 fully saturated rings. The lowest BCUT2D eigenvalue weighted by Gasteiger charge is -2.07. The maximum absolute atomic E-state index is 4.06. The third-order valence-corrected chi connectivity index (χ3v) is 2.37. The van der Waals surface area contributed by atoms with E-state index in [0.717, 1.165) is 17.9 Å². The van der Waals surface area contributed by atoms with E-state index in [2.05, 4.69) is 27.8 Å². The summed E-state index contributed by atoms with van der Waals surface area (Å²) < 4.78 is 0. The molecule has 0 aliphatic heterocycles. The zero-order valence-electron chi connectivity index (χ0n) is 9.27. The number of anilines is 2. The molecule has 3 nitrogen and oxygen atoms in total. The molecule has 1 aromatic heterocycles. The molecule has 1 aromatic carbocycles. The topological polar surface area (TPSA) is 37.0 Å². The van der Waals surface area contributed by atoms with Gasteiger partial charge in [0.2, 0.25) is 0 Å². The molecular weight excluding hydrogens is 198 g/mol. The Balaban J connectivity index is 1.99. The Morgan fingerprint density at radius 2 is 2.00 bits per heavy atom. The van der Waals surface area contributed by atoms with Gasteiger partial charge >= 0.3 is 0 Å². The second-order valence-corrected chi connectivity index (χ2v) is 3.55. The third-order valence-electron chi connectivity index (χ3n) is 2.37. The van der Waals surface area contributed by atoms with Crippen molar-refractivity contribution in [3.63, 3.8) is 0 Å². The zero-order valence-corrected chi connectivity index (χ0v) is 9.27. The summed E-state index contributed by atoms with van der Waals surface area (Å²) in [5.74, 6) is 0. The first-order valence-electron chi connectivity index (χ1n) is 5.29. The van der Waals surface area contributed by atoms with Crippen molar-refractivity contribution < 1.29 is 0 Å². The standard InChI is InChI=1S/C13H15N3/c1-14-12-5-2-4-11(8-12)9-16-13-6-3-7-15-10-13/h2-8,10,14,16H,9H2,1H3. The smallest absolute Gasteiger partial charge is 0.0529 e. The molecule has 2 aromatic rings. The molecule has 0 saturated heterocycles. The van der Waals surface area contributed by atoms with Crippen LogP contribution in [0.15, 0.2) is 48.8 Å². The van der Waals surface area contributed by atoms with Crippen LogP contribution in [0.4, 0.5) is 11.4 Å². The summed E-state index contributed by atoms with van der Waals surface area (Å²) >= 11 is 0. The van der Waals surface area contributed by atoms with Crippen molar-refractivity contribution >= 4 is 11.4 Å². The SMILES string of the molecule is CNc1cccc(CNc2cccnc2)c1. The van der Waals surface area contributed by atoms with Crippen molar-refractivity contribution in [3.05, 3.63) is 54.4 Å². The van der Waals surface area contributed by atoms with Gasteiger partial charge < -0.3 is 10.6 Å². The molecular formula is C13H15N3. The van der Waals surface area contributed by atoms with Crippen LogP contribution in [0.25, 0.3) is 0 Å². The summed E-state index contributed by atoms with van der Waals surface area (Å²) in [6.07, 6.45) is 3.59. The van der Waals surface area contributed by atoms with Gasteiger partial charge in [0.05, 0.1) is 5.69 Å². The highest BCUT2D eigenvalue weighted by Crippen LogP contribution is 2.11. The van der Waals surface area contributed by atoms with Crippen molar-refractivity contribution in [1.29, 1.82) is 0 Å². The number of rotatable bonds is 4. The quantitative estimate of drug-likeness (QED) is 0.820. The minimum Gasteiger partial charge on any atom is -0.388 e. The van der Waals surface area contributed by atoms with Gasteiger partial charge in [-0.2, -0.15) is 0 Å². The number of nitrogens with zero attached hydrogens (tertiary/aromatic N) is 1. The van der Waals surface area contributed by atoms with E-state index in [1.165, 1.54) is 5.56 Å². The van der Waals surface area contributed by atoms with Crippen LogP contribution in [0.5, 0.6) is 0 Å². The fourth-order valence-electron chi connectivity index (χ4n) is 1.51. The van der Waals surface area contributed by atoms with Crippen LogP contribution in [-0.2, 0) is 6.54 Å². The fourth-order valence-corrected chi connectivity index (χ4v) is 1.51. The Labute approximate surface area is 95.5 Å². The normalized spacial score (nSPS) is 9.81. The summed E-state index contributed by atoms with van der Waals surface area (Å²) in [5, 5.41) is 6.45. The van der Waals surface area contributed by atoms with Gasteiger partial charge in [-0.05, 0) is 29.8 Å². The molecule has 0 amide bonds. The van der Waals surface area contributed by atoms with E-state index in [1.54, 1.807) is 6.20 Å². The molecule has 1 heterocycles. The largest absolute Gasteiger partial charge is 0.388 e. The average Bonchev–Trinajstić information content (AvgIpc) is 2.38.